The molecule has 0 aromatic heterocycles. The van der Waals surface area contributed by atoms with E-state index in [2.05, 4.69) is 22.5 Å². The molecular weight excluding hydrogens is 295 g/mol. The number of halogens is 2. The van der Waals surface area contributed by atoms with Crippen LogP contribution in [0.2, 0.25) is 0 Å². The van der Waals surface area contributed by atoms with E-state index in [-0.39, 0.29) is 17.6 Å². The molecule has 0 saturated heterocycles. The number of rotatable bonds is 6. The van der Waals surface area contributed by atoms with Gasteiger partial charge in [-0.3, -0.25) is 4.79 Å². The molecule has 100 valence electrons. The minimum absolute atomic E-state index is 0.176. The number of hydrogen-bond donors (Lipinski definition) is 0. The van der Waals surface area contributed by atoms with Crippen molar-refractivity contribution < 1.29 is 9.18 Å². The number of unbranched alkanes of at least 4 members (excludes halogenated alkanes) is 1. The third-order valence-electron chi connectivity index (χ3n) is 4.23. The Morgan fingerprint density at radius 3 is 2.89 bits per heavy atom. The first-order valence-corrected chi connectivity index (χ1v) is 7.52. The Labute approximate surface area is 117 Å². The molecule has 0 aliphatic heterocycles. The van der Waals surface area contributed by atoms with Gasteiger partial charge in [-0.15, -0.1) is 0 Å². The van der Waals surface area contributed by atoms with E-state index in [1.54, 1.807) is 0 Å². The SMILES string of the molecule is C=C(Br)CC1=C[C@@H]2C[C@H]1CC2(F)C(=O)CCCC. The molecule has 2 bridgehead atoms. The van der Waals surface area contributed by atoms with Gasteiger partial charge in [-0.1, -0.05) is 47.5 Å². The zero-order valence-electron chi connectivity index (χ0n) is 10.8. The van der Waals surface area contributed by atoms with Crippen molar-refractivity contribution in [3.63, 3.8) is 0 Å². The van der Waals surface area contributed by atoms with Gasteiger partial charge in [0.25, 0.3) is 0 Å². The van der Waals surface area contributed by atoms with E-state index in [9.17, 15) is 9.18 Å². The zero-order chi connectivity index (χ0) is 13.3. The average molecular weight is 315 g/mol. The Hall–Kier alpha value is -0.440. The van der Waals surface area contributed by atoms with Gasteiger partial charge < -0.3 is 0 Å². The normalized spacial score (nSPS) is 33.6. The van der Waals surface area contributed by atoms with Crippen molar-refractivity contribution in [2.45, 2.75) is 51.1 Å². The van der Waals surface area contributed by atoms with E-state index in [0.717, 1.165) is 30.2 Å². The van der Waals surface area contributed by atoms with Crippen LogP contribution >= 0.6 is 15.9 Å². The molecule has 0 N–H and O–H groups in total. The van der Waals surface area contributed by atoms with E-state index in [0.29, 0.717) is 12.8 Å². The Bertz CT molecular complexity index is 401. The van der Waals surface area contributed by atoms with Crippen LogP contribution in [0.3, 0.4) is 0 Å². The number of carbonyl (C=O) groups is 1. The van der Waals surface area contributed by atoms with E-state index in [1.807, 2.05) is 13.0 Å². The third-order valence-corrected chi connectivity index (χ3v) is 4.51. The molecule has 0 amide bonds. The molecule has 1 nitrogen and oxygen atoms in total. The van der Waals surface area contributed by atoms with Crippen LogP contribution in [0.4, 0.5) is 4.39 Å². The lowest BCUT2D eigenvalue weighted by Gasteiger charge is -2.27. The summed E-state index contributed by atoms with van der Waals surface area (Å²) in [6.07, 6.45) is 6.13. The van der Waals surface area contributed by atoms with E-state index in [1.165, 1.54) is 5.57 Å². The maximum absolute atomic E-state index is 14.8. The first kappa shape index (κ1) is 14.0. The van der Waals surface area contributed by atoms with Crippen LogP contribution in [0, 0.1) is 11.8 Å². The summed E-state index contributed by atoms with van der Waals surface area (Å²) in [4.78, 5) is 12.0. The summed E-state index contributed by atoms with van der Waals surface area (Å²) in [5, 5.41) is 0. The van der Waals surface area contributed by atoms with Gasteiger partial charge in [-0.05, 0) is 36.1 Å². The number of Topliss-reactive ketones (excluding diaryl/α,β-unsaturated/α-hetero) is 1. The van der Waals surface area contributed by atoms with Crippen molar-refractivity contribution in [1.29, 1.82) is 0 Å². The monoisotopic (exact) mass is 314 g/mol. The summed E-state index contributed by atoms with van der Waals surface area (Å²) in [5.41, 5.74) is -0.310. The molecule has 3 atom stereocenters. The number of allylic oxidation sites excluding steroid dienone is 3. The summed E-state index contributed by atoms with van der Waals surface area (Å²) in [6, 6.07) is 0. The van der Waals surface area contributed by atoms with Gasteiger partial charge in [-0.25, -0.2) is 4.39 Å². The summed E-state index contributed by atoms with van der Waals surface area (Å²) in [6.45, 7) is 5.86. The van der Waals surface area contributed by atoms with Crippen LogP contribution < -0.4 is 0 Å². The van der Waals surface area contributed by atoms with Crippen molar-refractivity contribution in [3.05, 3.63) is 22.7 Å². The average Bonchev–Trinajstić information content (AvgIpc) is 2.82. The summed E-state index contributed by atoms with van der Waals surface area (Å²) < 4.78 is 15.7. The van der Waals surface area contributed by atoms with E-state index < -0.39 is 5.67 Å². The number of carbonyl (C=O) groups excluding carboxylic acids is 1. The van der Waals surface area contributed by atoms with E-state index >= 15 is 0 Å². The van der Waals surface area contributed by atoms with Crippen LogP contribution in [0.5, 0.6) is 0 Å². The minimum Gasteiger partial charge on any atom is -0.296 e. The zero-order valence-corrected chi connectivity index (χ0v) is 12.4. The second kappa shape index (κ2) is 5.28. The molecule has 1 fully saturated rings. The van der Waals surface area contributed by atoms with Gasteiger partial charge in [0.1, 0.15) is 0 Å². The second-order valence-electron chi connectivity index (χ2n) is 5.57. The molecular formula is C15H20BrFO. The van der Waals surface area contributed by atoms with Gasteiger partial charge in [0.05, 0.1) is 0 Å². The standard InChI is InChI=1S/C15H20BrFO/c1-3-4-5-14(18)15(17)9-12-8-13(15)7-11(12)6-10(2)16/h7,12-13H,2-6,8-9H2,1H3/t12-,13+,15?/m0/s1. The lowest BCUT2D eigenvalue weighted by Crippen LogP contribution is -2.38. The fourth-order valence-electron chi connectivity index (χ4n) is 3.25. The molecule has 0 aromatic rings. The molecule has 2 aliphatic carbocycles. The van der Waals surface area contributed by atoms with E-state index in [4.69, 9.17) is 0 Å². The maximum atomic E-state index is 14.8. The van der Waals surface area contributed by atoms with Crippen LogP contribution in [-0.2, 0) is 4.79 Å². The first-order chi connectivity index (χ1) is 8.47. The fraction of sp³-hybridized carbons (Fsp3) is 0.667. The van der Waals surface area contributed by atoms with Gasteiger partial charge >= 0.3 is 0 Å². The Morgan fingerprint density at radius 1 is 1.67 bits per heavy atom. The van der Waals surface area contributed by atoms with Crippen LogP contribution in [0.15, 0.2) is 22.7 Å². The summed E-state index contributed by atoms with van der Waals surface area (Å²) in [7, 11) is 0. The maximum Gasteiger partial charge on any atom is 0.175 e. The largest absolute Gasteiger partial charge is 0.296 e. The lowest BCUT2D eigenvalue weighted by molar-refractivity contribution is -0.132. The quantitative estimate of drug-likeness (QED) is 0.648. The number of fused-ring (bicyclic) bond motifs is 2. The van der Waals surface area contributed by atoms with Gasteiger partial charge in [0.15, 0.2) is 11.5 Å². The van der Waals surface area contributed by atoms with Crippen molar-refractivity contribution in [1.82, 2.24) is 0 Å². The predicted octanol–water partition coefficient (Wildman–Crippen LogP) is 4.72. The Kier molecular flexibility index (Phi) is 4.10. The summed E-state index contributed by atoms with van der Waals surface area (Å²) >= 11 is 3.35. The van der Waals surface area contributed by atoms with Crippen LogP contribution in [0.1, 0.15) is 45.4 Å². The number of alkyl halides is 1. The molecule has 0 spiro atoms. The van der Waals surface area contributed by atoms with Crippen molar-refractivity contribution in [2.75, 3.05) is 0 Å². The molecule has 1 unspecified atom stereocenters. The van der Waals surface area contributed by atoms with Crippen molar-refractivity contribution in [2.24, 2.45) is 11.8 Å². The van der Waals surface area contributed by atoms with Gasteiger partial charge in [0.2, 0.25) is 0 Å². The van der Waals surface area contributed by atoms with Gasteiger partial charge in [0, 0.05) is 12.3 Å². The molecule has 2 rings (SSSR count). The van der Waals surface area contributed by atoms with Crippen LogP contribution in [-0.4, -0.2) is 11.5 Å². The second-order valence-corrected chi connectivity index (χ2v) is 6.69. The highest BCUT2D eigenvalue weighted by Gasteiger charge is 2.55. The van der Waals surface area contributed by atoms with Crippen molar-refractivity contribution in [3.8, 4) is 0 Å². The molecule has 0 aromatic carbocycles. The molecule has 18 heavy (non-hydrogen) atoms. The highest BCUT2D eigenvalue weighted by atomic mass is 79.9. The van der Waals surface area contributed by atoms with Gasteiger partial charge in [-0.2, -0.15) is 0 Å². The molecule has 0 heterocycles. The molecule has 3 heteroatoms. The lowest BCUT2D eigenvalue weighted by atomic mass is 9.81. The fourth-order valence-corrected chi connectivity index (χ4v) is 3.58. The molecule has 2 aliphatic rings. The Balaban J connectivity index is 2.05. The molecule has 1 saturated carbocycles. The smallest absolute Gasteiger partial charge is 0.175 e. The topological polar surface area (TPSA) is 17.1 Å². The third kappa shape index (κ3) is 2.47. The highest BCUT2D eigenvalue weighted by Crippen LogP contribution is 2.54. The summed E-state index contributed by atoms with van der Waals surface area (Å²) in [5.74, 6) is -0.113. The predicted molar refractivity (Wildman–Crippen MR) is 75.4 cm³/mol. The first-order valence-electron chi connectivity index (χ1n) is 6.73. The molecule has 0 radical (unpaired) electrons. The van der Waals surface area contributed by atoms with Crippen LogP contribution in [0.25, 0.3) is 0 Å². The number of ketones is 1. The van der Waals surface area contributed by atoms with Crippen molar-refractivity contribution >= 4 is 21.7 Å². The number of hydrogen-bond acceptors (Lipinski definition) is 1. The Morgan fingerprint density at radius 2 is 2.39 bits per heavy atom. The minimum atomic E-state index is -1.57. The highest BCUT2D eigenvalue weighted by molar-refractivity contribution is 9.11.